The number of hydrogen-bond acceptors (Lipinski definition) is 3. The Morgan fingerprint density at radius 2 is 1.94 bits per heavy atom. The van der Waals surface area contributed by atoms with E-state index in [-0.39, 0.29) is 0 Å². The molecule has 0 fully saturated rings. The topological polar surface area (TPSA) is 21.3 Å². The minimum absolute atomic E-state index is 0.679. The van der Waals surface area contributed by atoms with Crippen molar-refractivity contribution in [3.63, 3.8) is 0 Å². The maximum Gasteiger partial charge on any atom is 0.0713 e. The van der Waals surface area contributed by atoms with Crippen molar-refractivity contribution in [2.24, 2.45) is 0 Å². The number of methoxy groups -OCH3 is 1. The molecule has 2 aromatic rings. The minimum atomic E-state index is 0.679. The second-order valence-electron chi connectivity index (χ2n) is 4.37. The molecule has 3 heteroatoms. The van der Waals surface area contributed by atoms with Crippen molar-refractivity contribution < 1.29 is 4.74 Å². The molecule has 1 N–H and O–H groups in total. The lowest BCUT2D eigenvalue weighted by Gasteiger charge is -2.06. The predicted molar refractivity (Wildman–Crippen MR) is 76.8 cm³/mol. The molecule has 0 radical (unpaired) electrons. The second kappa shape index (κ2) is 6.69. The van der Waals surface area contributed by atoms with Gasteiger partial charge in [0.15, 0.2) is 0 Å². The lowest BCUT2D eigenvalue weighted by atomic mass is 10.1. The summed E-state index contributed by atoms with van der Waals surface area (Å²) in [4.78, 5) is 2.76. The van der Waals surface area contributed by atoms with Crippen molar-refractivity contribution in [2.75, 3.05) is 7.11 Å². The highest BCUT2D eigenvalue weighted by molar-refractivity contribution is 7.11. The fourth-order valence-corrected chi connectivity index (χ4v) is 2.77. The van der Waals surface area contributed by atoms with E-state index in [1.54, 1.807) is 7.11 Å². The van der Waals surface area contributed by atoms with Crippen LogP contribution in [0.5, 0.6) is 0 Å². The normalized spacial score (nSPS) is 10.8. The van der Waals surface area contributed by atoms with Gasteiger partial charge in [0, 0.05) is 30.0 Å². The highest BCUT2D eigenvalue weighted by atomic mass is 32.1. The van der Waals surface area contributed by atoms with Crippen LogP contribution in [-0.2, 0) is 24.4 Å². The molecule has 2 nitrogen and oxygen atoms in total. The van der Waals surface area contributed by atoms with Gasteiger partial charge in [-0.05, 0) is 30.2 Å². The molecule has 0 aliphatic rings. The molecule has 0 atom stereocenters. The molecule has 0 spiro atoms. The van der Waals surface area contributed by atoms with E-state index in [2.05, 4.69) is 48.6 Å². The van der Waals surface area contributed by atoms with Gasteiger partial charge in [0.2, 0.25) is 0 Å². The predicted octanol–water partition coefficient (Wildman–Crippen LogP) is 3.49. The zero-order valence-electron chi connectivity index (χ0n) is 10.9. The van der Waals surface area contributed by atoms with Crippen molar-refractivity contribution in [3.8, 4) is 0 Å². The summed E-state index contributed by atoms with van der Waals surface area (Å²) in [5.74, 6) is 0. The fraction of sp³-hybridized carbons (Fsp3) is 0.333. The van der Waals surface area contributed by atoms with Crippen LogP contribution in [0, 0.1) is 6.92 Å². The van der Waals surface area contributed by atoms with Gasteiger partial charge in [-0.2, -0.15) is 0 Å². The van der Waals surface area contributed by atoms with Crippen molar-refractivity contribution in [3.05, 3.63) is 57.3 Å². The Hall–Kier alpha value is -1.16. The molecule has 18 heavy (non-hydrogen) atoms. The van der Waals surface area contributed by atoms with E-state index >= 15 is 0 Å². The van der Waals surface area contributed by atoms with Crippen LogP contribution < -0.4 is 5.32 Å². The second-order valence-corrected chi connectivity index (χ2v) is 5.74. The van der Waals surface area contributed by atoms with E-state index < -0.39 is 0 Å². The zero-order chi connectivity index (χ0) is 12.8. The Bertz CT molecular complexity index is 493. The molecule has 1 heterocycles. The van der Waals surface area contributed by atoms with E-state index in [0.717, 1.165) is 13.1 Å². The Balaban J connectivity index is 1.84. The van der Waals surface area contributed by atoms with Gasteiger partial charge in [-0.15, -0.1) is 11.3 Å². The molecule has 1 aromatic heterocycles. The first-order chi connectivity index (χ1) is 8.78. The summed E-state index contributed by atoms with van der Waals surface area (Å²) < 4.78 is 5.14. The van der Waals surface area contributed by atoms with Crippen molar-refractivity contribution in [2.45, 2.75) is 26.6 Å². The monoisotopic (exact) mass is 261 g/mol. The largest absolute Gasteiger partial charge is 0.380 e. The van der Waals surface area contributed by atoms with Crippen LogP contribution in [-0.4, -0.2) is 7.11 Å². The Labute approximate surface area is 113 Å². The van der Waals surface area contributed by atoms with Gasteiger partial charge in [0.1, 0.15) is 0 Å². The first-order valence-corrected chi connectivity index (χ1v) is 6.92. The van der Waals surface area contributed by atoms with Crippen LogP contribution in [0.15, 0.2) is 36.4 Å². The standard InChI is InChI=1S/C15H19NOS/c1-12-6-7-15(18-12)10-16-9-13-4-3-5-14(8-13)11-17-2/h3-8,16H,9-11H2,1-2H3. The van der Waals surface area contributed by atoms with E-state index in [0.29, 0.717) is 6.61 Å². The summed E-state index contributed by atoms with van der Waals surface area (Å²) in [6, 6.07) is 12.9. The maximum atomic E-state index is 5.14. The number of hydrogen-bond donors (Lipinski definition) is 1. The summed E-state index contributed by atoms with van der Waals surface area (Å²) in [6.07, 6.45) is 0. The van der Waals surface area contributed by atoms with Crippen molar-refractivity contribution in [1.82, 2.24) is 5.32 Å². The minimum Gasteiger partial charge on any atom is -0.380 e. The molecular weight excluding hydrogens is 242 g/mol. The van der Waals surface area contributed by atoms with Gasteiger partial charge >= 0.3 is 0 Å². The summed E-state index contributed by atoms with van der Waals surface area (Å²) >= 11 is 1.85. The molecule has 0 saturated heterocycles. The maximum absolute atomic E-state index is 5.14. The fourth-order valence-electron chi connectivity index (χ4n) is 1.91. The number of thiophene rings is 1. The molecule has 0 aliphatic carbocycles. The summed E-state index contributed by atoms with van der Waals surface area (Å²) in [6.45, 7) is 4.65. The third-order valence-corrected chi connectivity index (χ3v) is 3.73. The molecular formula is C15H19NOS. The molecule has 0 aliphatic heterocycles. The highest BCUT2D eigenvalue weighted by Gasteiger charge is 1.98. The van der Waals surface area contributed by atoms with Crippen LogP contribution in [0.1, 0.15) is 20.9 Å². The van der Waals surface area contributed by atoms with E-state index in [9.17, 15) is 0 Å². The number of rotatable bonds is 6. The van der Waals surface area contributed by atoms with Crippen LogP contribution in [0.2, 0.25) is 0 Å². The molecule has 96 valence electrons. The first kappa shape index (κ1) is 13.3. The lowest BCUT2D eigenvalue weighted by molar-refractivity contribution is 0.185. The molecule has 1 aromatic carbocycles. The molecule has 0 saturated carbocycles. The summed E-state index contributed by atoms with van der Waals surface area (Å²) in [7, 11) is 1.73. The number of aryl methyl sites for hydroxylation is 1. The van der Waals surface area contributed by atoms with Crippen LogP contribution >= 0.6 is 11.3 Å². The molecule has 0 amide bonds. The summed E-state index contributed by atoms with van der Waals surface area (Å²) in [5.41, 5.74) is 2.53. The number of nitrogens with one attached hydrogen (secondary N) is 1. The average molecular weight is 261 g/mol. The summed E-state index contributed by atoms with van der Waals surface area (Å²) in [5, 5.41) is 3.47. The lowest BCUT2D eigenvalue weighted by Crippen LogP contribution is -2.11. The molecule has 0 bridgehead atoms. The van der Waals surface area contributed by atoms with Gasteiger partial charge in [-0.1, -0.05) is 24.3 Å². The highest BCUT2D eigenvalue weighted by Crippen LogP contribution is 2.14. The van der Waals surface area contributed by atoms with Gasteiger partial charge in [0.25, 0.3) is 0 Å². The van der Waals surface area contributed by atoms with Crippen LogP contribution in [0.4, 0.5) is 0 Å². The first-order valence-electron chi connectivity index (χ1n) is 6.10. The van der Waals surface area contributed by atoms with Crippen molar-refractivity contribution >= 4 is 11.3 Å². The number of ether oxygens (including phenoxy) is 1. The molecule has 0 unspecified atom stereocenters. The van der Waals surface area contributed by atoms with Gasteiger partial charge in [-0.25, -0.2) is 0 Å². The van der Waals surface area contributed by atoms with Crippen LogP contribution in [0.3, 0.4) is 0 Å². The smallest absolute Gasteiger partial charge is 0.0713 e. The Morgan fingerprint density at radius 3 is 2.67 bits per heavy atom. The molecule has 2 rings (SSSR count). The SMILES string of the molecule is COCc1cccc(CNCc2ccc(C)s2)c1. The average Bonchev–Trinajstić information content (AvgIpc) is 2.76. The zero-order valence-corrected chi connectivity index (χ0v) is 11.7. The Kier molecular flexibility index (Phi) is 4.93. The van der Waals surface area contributed by atoms with Gasteiger partial charge in [0.05, 0.1) is 6.61 Å². The van der Waals surface area contributed by atoms with Gasteiger partial charge in [-0.3, -0.25) is 0 Å². The van der Waals surface area contributed by atoms with E-state index in [4.69, 9.17) is 4.74 Å². The van der Waals surface area contributed by atoms with E-state index in [1.165, 1.54) is 20.9 Å². The van der Waals surface area contributed by atoms with E-state index in [1.807, 2.05) is 11.3 Å². The number of benzene rings is 1. The Morgan fingerprint density at radius 1 is 1.11 bits per heavy atom. The van der Waals surface area contributed by atoms with Crippen molar-refractivity contribution in [1.29, 1.82) is 0 Å². The van der Waals surface area contributed by atoms with Gasteiger partial charge < -0.3 is 10.1 Å². The third kappa shape index (κ3) is 3.95. The van der Waals surface area contributed by atoms with Crippen LogP contribution in [0.25, 0.3) is 0 Å². The third-order valence-electron chi connectivity index (χ3n) is 2.73. The quantitative estimate of drug-likeness (QED) is 0.859.